The molecule has 3 rings (SSSR count). The number of aromatic nitrogens is 2. The average Bonchev–Trinajstić information content (AvgIpc) is 2.78. The molecule has 0 atom stereocenters. The Morgan fingerprint density at radius 3 is 2.48 bits per heavy atom. The van der Waals surface area contributed by atoms with Gasteiger partial charge in [-0.15, -0.1) is 0 Å². The zero-order valence-corrected chi connectivity index (χ0v) is 12.0. The standard InChI is InChI=1S/C17H16FN3/c1-11-17(15-10-13(19)8-9-16(15)18)12(2)21(20-11)14-6-4-3-5-7-14/h3-10H,19H2,1-2H3. The van der Waals surface area contributed by atoms with E-state index in [0.29, 0.717) is 11.3 Å². The van der Waals surface area contributed by atoms with Crippen LogP contribution >= 0.6 is 0 Å². The molecule has 0 saturated carbocycles. The Labute approximate surface area is 122 Å². The molecule has 2 N–H and O–H groups in total. The van der Waals surface area contributed by atoms with Gasteiger partial charge in [0.15, 0.2) is 0 Å². The van der Waals surface area contributed by atoms with E-state index in [1.807, 2.05) is 48.9 Å². The van der Waals surface area contributed by atoms with Crippen molar-refractivity contribution in [3.05, 3.63) is 65.7 Å². The fraction of sp³-hybridized carbons (Fsp3) is 0.118. The first-order valence-corrected chi connectivity index (χ1v) is 6.75. The van der Waals surface area contributed by atoms with Gasteiger partial charge in [-0.05, 0) is 44.2 Å². The highest BCUT2D eigenvalue weighted by Crippen LogP contribution is 2.31. The lowest BCUT2D eigenvalue weighted by Gasteiger charge is -2.07. The number of nitrogen functional groups attached to an aromatic ring is 1. The summed E-state index contributed by atoms with van der Waals surface area (Å²) in [6.07, 6.45) is 0. The van der Waals surface area contributed by atoms with Gasteiger partial charge in [-0.2, -0.15) is 5.10 Å². The van der Waals surface area contributed by atoms with Crippen molar-refractivity contribution >= 4 is 5.69 Å². The van der Waals surface area contributed by atoms with Crippen LogP contribution in [0.5, 0.6) is 0 Å². The van der Waals surface area contributed by atoms with Gasteiger partial charge in [0.2, 0.25) is 0 Å². The van der Waals surface area contributed by atoms with Crippen LogP contribution in [0.15, 0.2) is 48.5 Å². The summed E-state index contributed by atoms with van der Waals surface area (Å²) in [5, 5.41) is 4.54. The number of benzene rings is 2. The van der Waals surface area contributed by atoms with Crippen molar-refractivity contribution in [2.45, 2.75) is 13.8 Å². The maximum atomic E-state index is 14.1. The van der Waals surface area contributed by atoms with Crippen LogP contribution in [0.2, 0.25) is 0 Å². The minimum absolute atomic E-state index is 0.289. The van der Waals surface area contributed by atoms with E-state index < -0.39 is 0 Å². The number of rotatable bonds is 2. The molecule has 1 aromatic heterocycles. The highest BCUT2D eigenvalue weighted by atomic mass is 19.1. The van der Waals surface area contributed by atoms with E-state index in [4.69, 9.17) is 5.73 Å². The van der Waals surface area contributed by atoms with Crippen molar-refractivity contribution in [1.82, 2.24) is 9.78 Å². The maximum absolute atomic E-state index is 14.1. The predicted molar refractivity (Wildman–Crippen MR) is 82.8 cm³/mol. The molecule has 0 radical (unpaired) electrons. The van der Waals surface area contributed by atoms with Gasteiger partial charge in [0.05, 0.1) is 11.4 Å². The minimum Gasteiger partial charge on any atom is -0.399 e. The van der Waals surface area contributed by atoms with Crippen LogP contribution in [0.25, 0.3) is 16.8 Å². The van der Waals surface area contributed by atoms with Crippen molar-refractivity contribution in [2.75, 3.05) is 5.73 Å². The minimum atomic E-state index is -0.289. The number of nitrogens with zero attached hydrogens (tertiary/aromatic N) is 2. The second-order valence-corrected chi connectivity index (χ2v) is 5.03. The molecule has 0 fully saturated rings. The smallest absolute Gasteiger partial charge is 0.131 e. The third-order valence-corrected chi connectivity index (χ3v) is 3.55. The van der Waals surface area contributed by atoms with E-state index in [2.05, 4.69) is 5.10 Å². The summed E-state index contributed by atoms with van der Waals surface area (Å²) < 4.78 is 16.0. The van der Waals surface area contributed by atoms with Crippen LogP contribution in [-0.2, 0) is 0 Å². The molecule has 106 valence electrons. The van der Waals surface area contributed by atoms with Crippen LogP contribution in [0.3, 0.4) is 0 Å². The molecule has 3 aromatic rings. The van der Waals surface area contributed by atoms with Crippen LogP contribution in [0.1, 0.15) is 11.4 Å². The summed E-state index contributed by atoms with van der Waals surface area (Å²) in [5.74, 6) is -0.289. The van der Waals surface area contributed by atoms with E-state index in [0.717, 1.165) is 22.6 Å². The van der Waals surface area contributed by atoms with E-state index in [1.54, 1.807) is 12.1 Å². The molecule has 0 aliphatic carbocycles. The highest BCUT2D eigenvalue weighted by molar-refractivity contribution is 5.72. The maximum Gasteiger partial charge on any atom is 0.131 e. The number of para-hydroxylation sites is 1. The van der Waals surface area contributed by atoms with E-state index >= 15 is 0 Å². The molecular weight excluding hydrogens is 265 g/mol. The van der Waals surface area contributed by atoms with Gasteiger partial charge in [-0.25, -0.2) is 9.07 Å². The SMILES string of the molecule is Cc1nn(-c2ccccc2)c(C)c1-c1cc(N)ccc1F. The molecule has 0 saturated heterocycles. The quantitative estimate of drug-likeness (QED) is 0.724. The number of anilines is 1. The number of halogens is 1. The van der Waals surface area contributed by atoms with Crippen molar-refractivity contribution in [3.63, 3.8) is 0 Å². The summed E-state index contributed by atoms with van der Waals surface area (Å²) in [4.78, 5) is 0. The summed E-state index contributed by atoms with van der Waals surface area (Å²) in [5.41, 5.74) is 10.2. The van der Waals surface area contributed by atoms with Crippen molar-refractivity contribution in [1.29, 1.82) is 0 Å². The Bertz CT molecular complexity index is 791. The zero-order chi connectivity index (χ0) is 15.0. The molecule has 21 heavy (non-hydrogen) atoms. The fourth-order valence-electron chi connectivity index (χ4n) is 2.59. The number of aryl methyl sites for hydroxylation is 1. The van der Waals surface area contributed by atoms with Crippen molar-refractivity contribution in [2.24, 2.45) is 0 Å². The fourth-order valence-corrected chi connectivity index (χ4v) is 2.59. The molecule has 2 aromatic carbocycles. The molecule has 0 aliphatic rings. The lowest BCUT2D eigenvalue weighted by molar-refractivity contribution is 0.631. The van der Waals surface area contributed by atoms with Crippen LogP contribution in [-0.4, -0.2) is 9.78 Å². The first-order chi connectivity index (χ1) is 10.1. The lowest BCUT2D eigenvalue weighted by atomic mass is 10.0. The van der Waals surface area contributed by atoms with E-state index in [1.165, 1.54) is 6.07 Å². The number of hydrogen-bond acceptors (Lipinski definition) is 2. The predicted octanol–water partition coefficient (Wildman–Crippen LogP) is 3.88. The second-order valence-electron chi connectivity index (χ2n) is 5.03. The summed E-state index contributed by atoms with van der Waals surface area (Å²) in [6.45, 7) is 3.81. The summed E-state index contributed by atoms with van der Waals surface area (Å²) in [6, 6.07) is 14.4. The molecule has 0 aliphatic heterocycles. The molecule has 0 unspecified atom stereocenters. The van der Waals surface area contributed by atoms with Crippen LogP contribution in [0.4, 0.5) is 10.1 Å². The third-order valence-electron chi connectivity index (χ3n) is 3.55. The Morgan fingerprint density at radius 2 is 1.76 bits per heavy atom. The van der Waals surface area contributed by atoms with Crippen molar-refractivity contribution < 1.29 is 4.39 Å². The molecule has 3 nitrogen and oxygen atoms in total. The largest absolute Gasteiger partial charge is 0.399 e. The summed E-state index contributed by atoms with van der Waals surface area (Å²) >= 11 is 0. The normalized spacial score (nSPS) is 10.8. The summed E-state index contributed by atoms with van der Waals surface area (Å²) in [7, 11) is 0. The average molecular weight is 281 g/mol. The molecule has 0 bridgehead atoms. The van der Waals surface area contributed by atoms with E-state index in [9.17, 15) is 4.39 Å². The first kappa shape index (κ1) is 13.4. The van der Waals surface area contributed by atoms with Crippen LogP contribution < -0.4 is 5.73 Å². The third kappa shape index (κ3) is 2.29. The Morgan fingerprint density at radius 1 is 1.05 bits per heavy atom. The monoisotopic (exact) mass is 281 g/mol. The Kier molecular flexibility index (Phi) is 3.22. The van der Waals surface area contributed by atoms with Gasteiger partial charge >= 0.3 is 0 Å². The Hall–Kier alpha value is -2.62. The van der Waals surface area contributed by atoms with Gasteiger partial charge in [0.1, 0.15) is 5.82 Å². The van der Waals surface area contributed by atoms with Gasteiger partial charge in [-0.1, -0.05) is 18.2 Å². The molecule has 0 spiro atoms. The van der Waals surface area contributed by atoms with Gasteiger partial charge in [0.25, 0.3) is 0 Å². The molecule has 4 heteroatoms. The molecule has 1 heterocycles. The van der Waals surface area contributed by atoms with Crippen LogP contribution in [0, 0.1) is 19.7 Å². The van der Waals surface area contributed by atoms with Gasteiger partial charge in [0, 0.05) is 22.5 Å². The molecule has 0 amide bonds. The van der Waals surface area contributed by atoms with Gasteiger partial charge < -0.3 is 5.73 Å². The highest BCUT2D eigenvalue weighted by Gasteiger charge is 2.17. The topological polar surface area (TPSA) is 43.8 Å². The Balaban J connectivity index is 2.22. The van der Waals surface area contributed by atoms with Crippen molar-refractivity contribution in [3.8, 4) is 16.8 Å². The first-order valence-electron chi connectivity index (χ1n) is 6.75. The number of hydrogen-bond donors (Lipinski definition) is 1. The van der Waals surface area contributed by atoms with Gasteiger partial charge in [-0.3, -0.25) is 0 Å². The van der Waals surface area contributed by atoms with E-state index in [-0.39, 0.29) is 5.82 Å². The second kappa shape index (κ2) is 5.05. The number of nitrogens with two attached hydrogens (primary N) is 1. The zero-order valence-electron chi connectivity index (χ0n) is 12.0. The lowest BCUT2D eigenvalue weighted by Crippen LogP contribution is -1.98. The molecular formula is C17H16FN3.